The number of fused-ring (bicyclic) bond motifs is 1. The highest BCUT2D eigenvalue weighted by molar-refractivity contribution is 5.77. The number of hydrogen-bond donors (Lipinski definition) is 2. The van der Waals surface area contributed by atoms with Crippen molar-refractivity contribution in [3.05, 3.63) is 6.33 Å². The Morgan fingerprint density at radius 3 is 2.81 bits per heavy atom. The first kappa shape index (κ1) is 14.0. The molecule has 0 spiro atoms. The molecule has 0 radical (unpaired) electrons. The van der Waals surface area contributed by atoms with Gasteiger partial charge in [0.1, 0.15) is 18.7 Å². The molecule has 2 aromatic rings. The van der Waals surface area contributed by atoms with E-state index in [0.717, 1.165) is 0 Å². The molecule has 0 aromatic carbocycles. The van der Waals surface area contributed by atoms with Crippen LogP contribution in [0.3, 0.4) is 0 Å². The monoisotopic (exact) mass is 296 g/mol. The summed E-state index contributed by atoms with van der Waals surface area (Å²) >= 11 is 0. The summed E-state index contributed by atoms with van der Waals surface area (Å²) in [5.41, 5.74) is 0.928. The minimum Gasteiger partial charge on any atom is -0.479 e. The molecule has 2 N–H and O–H groups in total. The van der Waals surface area contributed by atoms with Gasteiger partial charge >= 0.3 is 6.01 Å². The lowest BCUT2D eigenvalue weighted by Crippen LogP contribution is -2.24. The van der Waals surface area contributed by atoms with Gasteiger partial charge in [0.05, 0.1) is 26.9 Å². The van der Waals surface area contributed by atoms with Crippen molar-refractivity contribution in [3.63, 3.8) is 0 Å². The summed E-state index contributed by atoms with van der Waals surface area (Å²) in [6.45, 7) is -0.259. The van der Waals surface area contributed by atoms with E-state index in [0.29, 0.717) is 23.5 Å². The van der Waals surface area contributed by atoms with Crippen LogP contribution in [0.4, 0.5) is 0 Å². The zero-order chi connectivity index (χ0) is 15.0. The van der Waals surface area contributed by atoms with Crippen LogP contribution in [0.2, 0.25) is 0 Å². The predicted molar refractivity (Wildman–Crippen MR) is 70.0 cm³/mol. The second kappa shape index (κ2) is 5.43. The van der Waals surface area contributed by atoms with Crippen molar-refractivity contribution >= 4 is 11.2 Å². The maximum absolute atomic E-state index is 9.88. The highest BCUT2D eigenvalue weighted by Gasteiger charge is 2.37. The molecule has 1 aliphatic heterocycles. The molecule has 3 rings (SSSR count). The topological polar surface area (TPSA) is 112 Å². The van der Waals surface area contributed by atoms with E-state index in [9.17, 15) is 10.2 Å². The highest BCUT2D eigenvalue weighted by atomic mass is 16.6. The van der Waals surface area contributed by atoms with Crippen molar-refractivity contribution in [2.24, 2.45) is 0 Å². The third-order valence-electron chi connectivity index (χ3n) is 3.46. The lowest BCUT2D eigenvalue weighted by Gasteiger charge is -2.15. The fourth-order valence-electron chi connectivity index (χ4n) is 2.46. The summed E-state index contributed by atoms with van der Waals surface area (Å²) in [5.74, 6) is 0.328. The average Bonchev–Trinajstić information content (AvgIpc) is 3.06. The van der Waals surface area contributed by atoms with Gasteiger partial charge in [-0.05, 0) is 0 Å². The van der Waals surface area contributed by atoms with Crippen molar-refractivity contribution in [3.8, 4) is 11.9 Å². The summed E-state index contributed by atoms with van der Waals surface area (Å²) in [6.07, 6.45) is -0.268. The lowest BCUT2D eigenvalue weighted by molar-refractivity contribution is -0.0450. The molecule has 1 aliphatic rings. The van der Waals surface area contributed by atoms with E-state index in [1.807, 2.05) is 0 Å². The normalized spacial score (nSPS) is 25.4. The Balaban J connectivity index is 2.09. The number of rotatable bonds is 4. The molecule has 9 heteroatoms. The van der Waals surface area contributed by atoms with Crippen molar-refractivity contribution < 1.29 is 24.4 Å². The fourth-order valence-corrected chi connectivity index (χ4v) is 2.46. The van der Waals surface area contributed by atoms with E-state index in [2.05, 4.69) is 15.0 Å². The number of aliphatic hydroxyl groups is 2. The van der Waals surface area contributed by atoms with Crippen LogP contribution in [0.1, 0.15) is 12.6 Å². The van der Waals surface area contributed by atoms with Crippen molar-refractivity contribution in [2.45, 2.75) is 24.9 Å². The molecular formula is C12H16N4O5. The number of aliphatic hydroxyl groups excluding tert-OH is 2. The second-order valence-corrected chi connectivity index (χ2v) is 4.64. The standard InChI is InChI=1S/C12H16N4O5/c1-19-11-9-10(13-5-14-11)16(12(15-9)20-2)8-3-6(18)7(4-17)21-8/h5-8,17-18H,3-4H2,1-2H3/t6-,7+,8-/m1/s1. The Bertz CT molecular complexity index is 646. The van der Waals surface area contributed by atoms with E-state index in [1.165, 1.54) is 20.5 Å². The molecule has 21 heavy (non-hydrogen) atoms. The van der Waals surface area contributed by atoms with Crippen LogP contribution < -0.4 is 9.47 Å². The first-order valence-corrected chi connectivity index (χ1v) is 6.44. The molecule has 1 fully saturated rings. The molecular weight excluding hydrogens is 280 g/mol. The summed E-state index contributed by atoms with van der Waals surface area (Å²) in [4.78, 5) is 12.5. The largest absolute Gasteiger partial charge is 0.479 e. The van der Waals surface area contributed by atoms with Crippen LogP contribution in [0.5, 0.6) is 11.9 Å². The quantitative estimate of drug-likeness (QED) is 0.775. The third-order valence-corrected chi connectivity index (χ3v) is 3.46. The van der Waals surface area contributed by atoms with Gasteiger partial charge in [-0.25, -0.2) is 4.98 Å². The van der Waals surface area contributed by atoms with E-state index in [-0.39, 0.29) is 12.6 Å². The number of aromatic nitrogens is 4. The van der Waals surface area contributed by atoms with E-state index < -0.39 is 18.4 Å². The molecule has 114 valence electrons. The van der Waals surface area contributed by atoms with Crippen LogP contribution in [-0.4, -0.2) is 62.8 Å². The summed E-state index contributed by atoms with van der Waals surface area (Å²) in [7, 11) is 2.97. The van der Waals surface area contributed by atoms with Crippen molar-refractivity contribution in [2.75, 3.05) is 20.8 Å². The molecule has 2 aromatic heterocycles. The Labute approximate surface area is 120 Å². The highest BCUT2D eigenvalue weighted by Crippen LogP contribution is 2.35. The van der Waals surface area contributed by atoms with Gasteiger partial charge in [0.25, 0.3) is 0 Å². The van der Waals surface area contributed by atoms with Crippen molar-refractivity contribution in [1.29, 1.82) is 0 Å². The van der Waals surface area contributed by atoms with Gasteiger partial charge in [-0.3, -0.25) is 4.57 Å². The second-order valence-electron chi connectivity index (χ2n) is 4.64. The zero-order valence-electron chi connectivity index (χ0n) is 11.6. The number of methoxy groups -OCH3 is 2. The minimum atomic E-state index is -0.758. The van der Waals surface area contributed by atoms with Crippen LogP contribution in [-0.2, 0) is 4.74 Å². The third kappa shape index (κ3) is 2.19. The number of nitrogens with zero attached hydrogens (tertiary/aromatic N) is 4. The fraction of sp³-hybridized carbons (Fsp3) is 0.583. The molecule has 0 amide bonds. The average molecular weight is 296 g/mol. The Morgan fingerprint density at radius 1 is 1.38 bits per heavy atom. The maximum atomic E-state index is 9.88. The first-order valence-electron chi connectivity index (χ1n) is 6.44. The van der Waals surface area contributed by atoms with Crippen LogP contribution in [0.15, 0.2) is 6.33 Å². The first-order chi connectivity index (χ1) is 10.2. The summed E-state index contributed by atoms with van der Waals surface area (Å²) in [5, 5.41) is 19.1. The van der Waals surface area contributed by atoms with Gasteiger partial charge < -0.3 is 24.4 Å². The molecule has 3 heterocycles. The van der Waals surface area contributed by atoms with Crippen LogP contribution in [0, 0.1) is 0 Å². The van der Waals surface area contributed by atoms with Crippen LogP contribution >= 0.6 is 0 Å². The Morgan fingerprint density at radius 2 is 2.19 bits per heavy atom. The van der Waals surface area contributed by atoms with Gasteiger partial charge in [0, 0.05) is 6.42 Å². The molecule has 3 atom stereocenters. The van der Waals surface area contributed by atoms with Crippen molar-refractivity contribution in [1.82, 2.24) is 19.5 Å². The minimum absolute atomic E-state index is 0.259. The van der Waals surface area contributed by atoms with E-state index in [1.54, 1.807) is 4.57 Å². The van der Waals surface area contributed by atoms with E-state index in [4.69, 9.17) is 14.2 Å². The van der Waals surface area contributed by atoms with Gasteiger partial charge in [0.15, 0.2) is 11.2 Å². The Kier molecular flexibility index (Phi) is 3.62. The summed E-state index contributed by atoms with van der Waals surface area (Å²) < 4.78 is 17.7. The summed E-state index contributed by atoms with van der Waals surface area (Å²) in [6, 6.07) is 0.277. The van der Waals surface area contributed by atoms with Gasteiger partial charge in [-0.15, -0.1) is 0 Å². The van der Waals surface area contributed by atoms with Gasteiger partial charge in [0.2, 0.25) is 5.88 Å². The molecule has 0 saturated carbocycles. The van der Waals surface area contributed by atoms with E-state index >= 15 is 0 Å². The lowest BCUT2D eigenvalue weighted by atomic mass is 10.2. The number of imidazole rings is 1. The van der Waals surface area contributed by atoms with Gasteiger partial charge in [-0.2, -0.15) is 9.97 Å². The smallest absolute Gasteiger partial charge is 0.300 e. The maximum Gasteiger partial charge on any atom is 0.300 e. The molecule has 9 nitrogen and oxygen atoms in total. The zero-order valence-corrected chi connectivity index (χ0v) is 11.6. The van der Waals surface area contributed by atoms with Crippen LogP contribution in [0.25, 0.3) is 11.2 Å². The SMILES string of the molecule is COc1ncnc2c1nc(OC)n2[C@H]1C[C@@H](O)[C@H](CO)O1. The number of hydrogen-bond acceptors (Lipinski definition) is 8. The number of ether oxygens (including phenoxy) is 3. The molecule has 0 aliphatic carbocycles. The molecule has 1 saturated heterocycles. The van der Waals surface area contributed by atoms with Gasteiger partial charge in [-0.1, -0.05) is 0 Å². The Hall–Kier alpha value is -1.97. The molecule has 0 unspecified atom stereocenters. The predicted octanol–water partition coefficient (Wildman–Crippen LogP) is -0.516. The molecule has 0 bridgehead atoms.